The van der Waals surface area contributed by atoms with Crippen molar-refractivity contribution >= 4 is 15.9 Å². The third-order valence-corrected chi connectivity index (χ3v) is 6.71. The quantitative estimate of drug-likeness (QED) is 0.723. The Morgan fingerprint density at radius 2 is 2.00 bits per heavy atom. The van der Waals surface area contributed by atoms with Crippen LogP contribution in [0.1, 0.15) is 42.0 Å². The highest BCUT2D eigenvalue weighted by Crippen LogP contribution is 2.31. The van der Waals surface area contributed by atoms with Crippen molar-refractivity contribution in [1.29, 1.82) is 0 Å². The van der Waals surface area contributed by atoms with Crippen molar-refractivity contribution in [2.75, 3.05) is 32.4 Å². The van der Waals surface area contributed by atoms with Gasteiger partial charge in [0, 0.05) is 44.5 Å². The number of nitrogens with zero attached hydrogens (tertiary/aromatic N) is 5. The molecule has 0 atom stereocenters. The summed E-state index contributed by atoms with van der Waals surface area (Å²) in [4.78, 5) is 22.7. The van der Waals surface area contributed by atoms with Crippen LogP contribution in [0.15, 0.2) is 29.0 Å². The van der Waals surface area contributed by atoms with Gasteiger partial charge in [-0.15, -0.1) is 0 Å². The molecule has 4 heterocycles. The number of rotatable bonds is 5. The maximum atomic E-state index is 12.3. The van der Waals surface area contributed by atoms with Crippen molar-refractivity contribution < 1.29 is 17.7 Å². The van der Waals surface area contributed by atoms with Gasteiger partial charge in [0.1, 0.15) is 0 Å². The zero-order valence-electron chi connectivity index (χ0n) is 15.7. The van der Waals surface area contributed by atoms with Gasteiger partial charge in [-0.2, -0.15) is 4.98 Å². The first-order chi connectivity index (χ1) is 13.4. The summed E-state index contributed by atoms with van der Waals surface area (Å²) in [6.45, 7) is 2.11. The van der Waals surface area contributed by atoms with Crippen LogP contribution >= 0.6 is 0 Å². The van der Waals surface area contributed by atoms with Crippen LogP contribution in [0.2, 0.25) is 0 Å². The zero-order valence-corrected chi connectivity index (χ0v) is 16.5. The number of pyridine rings is 1. The first-order valence-corrected chi connectivity index (χ1v) is 11.2. The Morgan fingerprint density at radius 3 is 2.64 bits per heavy atom. The molecule has 2 fully saturated rings. The molecule has 2 saturated heterocycles. The van der Waals surface area contributed by atoms with Crippen LogP contribution in [0, 0.1) is 0 Å². The summed E-state index contributed by atoms with van der Waals surface area (Å²) >= 11 is 0. The van der Waals surface area contributed by atoms with E-state index in [0.29, 0.717) is 57.2 Å². The Hall–Kier alpha value is -2.33. The van der Waals surface area contributed by atoms with E-state index in [1.807, 2.05) is 12.1 Å². The first-order valence-electron chi connectivity index (χ1n) is 9.35. The minimum absolute atomic E-state index is 0.0650. The van der Waals surface area contributed by atoms with E-state index in [0.717, 1.165) is 5.56 Å². The van der Waals surface area contributed by atoms with Gasteiger partial charge >= 0.3 is 0 Å². The molecule has 4 rings (SSSR count). The predicted molar refractivity (Wildman–Crippen MR) is 100.0 cm³/mol. The molecule has 150 valence electrons. The summed E-state index contributed by atoms with van der Waals surface area (Å²) in [7, 11) is -3.14. The predicted octanol–water partition coefficient (Wildman–Crippen LogP) is 0.772. The van der Waals surface area contributed by atoms with Crippen LogP contribution in [0.25, 0.3) is 0 Å². The van der Waals surface area contributed by atoms with Gasteiger partial charge in [-0.1, -0.05) is 11.2 Å². The summed E-state index contributed by atoms with van der Waals surface area (Å²) < 4.78 is 30.1. The fraction of sp³-hybridized carbons (Fsp3) is 0.556. The van der Waals surface area contributed by atoms with Gasteiger partial charge in [-0.3, -0.25) is 9.78 Å². The molecule has 0 radical (unpaired) electrons. The number of aromatic nitrogens is 3. The summed E-state index contributed by atoms with van der Waals surface area (Å²) in [5.74, 6) is 1.44. The molecule has 2 aliphatic heterocycles. The van der Waals surface area contributed by atoms with Gasteiger partial charge < -0.3 is 9.42 Å². The van der Waals surface area contributed by atoms with E-state index in [1.165, 1.54) is 10.6 Å². The van der Waals surface area contributed by atoms with E-state index < -0.39 is 10.0 Å². The Balaban J connectivity index is 1.29. The SMILES string of the molecule is CS(=O)(=O)N1CCC(c2noc(C3CN(C(=O)Cc4cccnc4)C3)n2)CC1. The number of amides is 1. The molecule has 28 heavy (non-hydrogen) atoms. The largest absolute Gasteiger partial charge is 0.341 e. The zero-order chi connectivity index (χ0) is 19.7. The molecule has 0 aromatic carbocycles. The Morgan fingerprint density at radius 1 is 1.25 bits per heavy atom. The third kappa shape index (κ3) is 4.07. The number of piperidine rings is 1. The van der Waals surface area contributed by atoms with Crippen LogP contribution < -0.4 is 0 Å². The van der Waals surface area contributed by atoms with Crippen molar-refractivity contribution in [2.45, 2.75) is 31.1 Å². The molecule has 10 heteroatoms. The van der Waals surface area contributed by atoms with Gasteiger partial charge in [-0.05, 0) is 24.5 Å². The lowest BCUT2D eigenvalue weighted by Gasteiger charge is -2.37. The maximum absolute atomic E-state index is 12.3. The molecule has 1 amide bonds. The summed E-state index contributed by atoms with van der Waals surface area (Å²) in [5, 5.41) is 4.10. The topological polar surface area (TPSA) is 110 Å². The second-order valence-corrected chi connectivity index (χ2v) is 9.44. The van der Waals surface area contributed by atoms with Gasteiger partial charge in [0.15, 0.2) is 5.82 Å². The molecule has 2 aromatic heterocycles. The monoisotopic (exact) mass is 405 g/mol. The van der Waals surface area contributed by atoms with Crippen molar-refractivity contribution in [3.05, 3.63) is 41.8 Å². The highest BCUT2D eigenvalue weighted by Gasteiger charge is 2.36. The minimum Gasteiger partial charge on any atom is -0.341 e. The van der Waals surface area contributed by atoms with Crippen LogP contribution in [0.5, 0.6) is 0 Å². The lowest BCUT2D eigenvalue weighted by molar-refractivity contribution is -0.135. The Kier molecular flexibility index (Phi) is 5.15. The molecule has 0 aliphatic carbocycles. The van der Waals surface area contributed by atoms with Crippen LogP contribution in [0.3, 0.4) is 0 Å². The third-order valence-electron chi connectivity index (χ3n) is 5.41. The van der Waals surface area contributed by atoms with Gasteiger partial charge in [-0.25, -0.2) is 12.7 Å². The van der Waals surface area contributed by atoms with Gasteiger partial charge in [0.2, 0.25) is 21.8 Å². The lowest BCUT2D eigenvalue weighted by atomic mass is 9.96. The number of carbonyl (C=O) groups excluding carboxylic acids is 1. The molecule has 9 nitrogen and oxygen atoms in total. The highest BCUT2D eigenvalue weighted by molar-refractivity contribution is 7.88. The second kappa shape index (κ2) is 7.59. The smallest absolute Gasteiger partial charge is 0.233 e. The molecule has 0 N–H and O–H groups in total. The number of carbonyl (C=O) groups is 1. The van der Waals surface area contributed by atoms with Gasteiger partial charge in [0.05, 0.1) is 18.6 Å². The summed E-state index contributed by atoms with van der Waals surface area (Å²) in [5.41, 5.74) is 0.900. The molecule has 0 saturated carbocycles. The van der Waals surface area contributed by atoms with E-state index in [2.05, 4.69) is 15.1 Å². The van der Waals surface area contributed by atoms with Crippen LogP contribution in [0.4, 0.5) is 0 Å². The normalized spacial score (nSPS) is 19.5. The number of hydrogen-bond acceptors (Lipinski definition) is 7. The van der Waals surface area contributed by atoms with Crippen LogP contribution in [-0.4, -0.2) is 71.1 Å². The number of sulfonamides is 1. The van der Waals surface area contributed by atoms with Gasteiger partial charge in [0.25, 0.3) is 0 Å². The average Bonchev–Trinajstić information content (AvgIpc) is 3.10. The van der Waals surface area contributed by atoms with E-state index in [9.17, 15) is 13.2 Å². The van der Waals surface area contributed by atoms with Crippen molar-refractivity contribution in [3.8, 4) is 0 Å². The molecule has 2 aromatic rings. The molecule has 0 bridgehead atoms. The molecule has 2 aliphatic rings. The van der Waals surface area contributed by atoms with E-state index in [1.54, 1.807) is 17.3 Å². The molecule has 0 spiro atoms. The summed E-state index contributed by atoms with van der Waals surface area (Å²) in [6, 6.07) is 3.71. The standard InChI is InChI=1S/C18H23N5O4S/c1-28(25,26)23-7-4-14(5-8-23)17-20-18(27-21-17)15-11-22(12-15)16(24)9-13-3-2-6-19-10-13/h2-3,6,10,14-15H,4-5,7-9,11-12H2,1H3. The number of likely N-dealkylation sites (tertiary alicyclic amines) is 1. The lowest BCUT2D eigenvalue weighted by Crippen LogP contribution is -2.49. The van der Waals surface area contributed by atoms with Crippen LogP contribution in [-0.2, 0) is 21.2 Å². The maximum Gasteiger partial charge on any atom is 0.233 e. The van der Waals surface area contributed by atoms with E-state index in [4.69, 9.17) is 4.52 Å². The van der Waals surface area contributed by atoms with Crippen molar-refractivity contribution in [2.24, 2.45) is 0 Å². The average molecular weight is 405 g/mol. The van der Waals surface area contributed by atoms with Crippen molar-refractivity contribution in [1.82, 2.24) is 24.3 Å². The first kappa shape index (κ1) is 19.0. The van der Waals surface area contributed by atoms with Crippen molar-refractivity contribution in [3.63, 3.8) is 0 Å². The summed E-state index contributed by atoms with van der Waals surface area (Å²) in [6.07, 6.45) is 6.34. The Bertz CT molecular complexity index is 932. The fourth-order valence-electron chi connectivity index (χ4n) is 3.65. The fourth-order valence-corrected chi connectivity index (χ4v) is 4.53. The molecular formula is C18H23N5O4S. The Labute approximate surface area is 163 Å². The number of hydrogen-bond donors (Lipinski definition) is 0. The molecular weight excluding hydrogens is 382 g/mol. The molecule has 0 unspecified atom stereocenters. The highest BCUT2D eigenvalue weighted by atomic mass is 32.2. The van der Waals surface area contributed by atoms with E-state index >= 15 is 0 Å². The van der Waals surface area contributed by atoms with E-state index in [-0.39, 0.29) is 17.7 Å². The minimum atomic E-state index is -3.14. The second-order valence-electron chi connectivity index (χ2n) is 7.46.